The van der Waals surface area contributed by atoms with Gasteiger partial charge in [-0.3, -0.25) is 9.48 Å². The van der Waals surface area contributed by atoms with Crippen LogP contribution in [0.5, 0.6) is 0 Å². The summed E-state index contributed by atoms with van der Waals surface area (Å²) < 4.78 is 1.66. The number of aromatic nitrogens is 2. The lowest BCUT2D eigenvalue weighted by atomic mass is 10.1. The molecule has 1 aromatic rings. The first-order valence-electron chi connectivity index (χ1n) is 4.36. The molecule has 0 unspecified atom stereocenters. The number of rotatable bonds is 3. The molecule has 0 spiro atoms. The van der Waals surface area contributed by atoms with Gasteiger partial charge in [-0.2, -0.15) is 5.10 Å². The molecule has 0 radical (unpaired) electrons. The number of ketones is 1. The van der Waals surface area contributed by atoms with Gasteiger partial charge >= 0.3 is 0 Å². The number of aryl methyl sites for hydroxylation is 2. The Labute approximate surface area is 78.1 Å². The fraction of sp³-hybridized carbons (Fsp3) is 0.400. The van der Waals surface area contributed by atoms with E-state index in [1.807, 2.05) is 27.0 Å². The van der Waals surface area contributed by atoms with Crippen molar-refractivity contribution in [2.45, 2.75) is 20.3 Å². The normalized spacial score (nSPS) is 11.0. The molecule has 0 saturated heterocycles. The highest BCUT2D eigenvalue weighted by Crippen LogP contribution is 2.06. The lowest BCUT2D eigenvalue weighted by Gasteiger charge is -1.89. The second-order valence-corrected chi connectivity index (χ2v) is 2.98. The van der Waals surface area contributed by atoms with Crippen LogP contribution in [0.3, 0.4) is 0 Å². The lowest BCUT2D eigenvalue weighted by molar-refractivity contribution is 0.104. The van der Waals surface area contributed by atoms with Gasteiger partial charge in [-0.25, -0.2) is 0 Å². The van der Waals surface area contributed by atoms with Crippen LogP contribution in [0.2, 0.25) is 0 Å². The molecule has 0 aliphatic heterocycles. The van der Waals surface area contributed by atoms with Gasteiger partial charge in [0.05, 0.1) is 11.3 Å². The maximum atomic E-state index is 11.5. The fourth-order valence-corrected chi connectivity index (χ4v) is 1.16. The molecular formula is C10H14N2O. The SMILES string of the molecule is CC/C=C/C(=O)c1cn(C)nc1C. The van der Waals surface area contributed by atoms with Crippen molar-refractivity contribution in [2.24, 2.45) is 7.05 Å². The van der Waals surface area contributed by atoms with Crippen molar-refractivity contribution in [3.63, 3.8) is 0 Å². The molecule has 1 aromatic heterocycles. The Kier molecular flexibility index (Phi) is 3.01. The molecule has 0 aromatic carbocycles. The molecule has 0 amide bonds. The molecule has 70 valence electrons. The van der Waals surface area contributed by atoms with Crippen LogP contribution in [-0.4, -0.2) is 15.6 Å². The third-order valence-corrected chi connectivity index (χ3v) is 1.78. The van der Waals surface area contributed by atoms with E-state index >= 15 is 0 Å². The summed E-state index contributed by atoms with van der Waals surface area (Å²) >= 11 is 0. The van der Waals surface area contributed by atoms with Crippen LogP contribution in [0.4, 0.5) is 0 Å². The first kappa shape index (κ1) is 9.71. The maximum absolute atomic E-state index is 11.5. The number of hydrogen-bond acceptors (Lipinski definition) is 2. The first-order chi connectivity index (χ1) is 6.15. The maximum Gasteiger partial charge on any atom is 0.188 e. The molecule has 0 bridgehead atoms. The predicted octanol–water partition coefficient (Wildman–Crippen LogP) is 1.88. The van der Waals surface area contributed by atoms with E-state index in [0.29, 0.717) is 5.56 Å². The van der Waals surface area contributed by atoms with E-state index in [4.69, 9.17) is 0 Å². The van der Waals surface area contributed by atoms with Crippen LogP contribution in [-0.2, 0) is 7.05 Å². The van der Waals surface area contributed by atoms with Crippen molar-refractivity contribution in [1.82, 2.24) is 9.78 Å². The number of nitrogens with zero attached hydrogens (tertiary/aromatic N) is 2. The average Bonchev–Trinajstić information content (AvgIpc) is 2.41. The summed E-state index contributed by atoms with van der Waals surface area (Å²) in [6, 6.07) is 0. The lowest BCUT2D eigenvalue weighted by Crippen LogP contribution is -1.94. The van der Waals surface area contributed by atoms with E-state index in [2.05, 4.69) is 5.10 Å². The summed E-state index contributed by atoms with van der Waals surface area (Å²) in [5, 5.41) is 4.10. The Hall–Kier alpha value is -1.38. The van der Waals surface area contributed by atoms with Crippen molar-refractivity contribution < 1.29 is 4.79 Å². The van der Waals surface area contributed by atoms with Gasteiger partial charge in [0.1, 0.15) is 0 Å². The van der Waals surface area contributed by atoms with Gasteiger partial charge < -0.3 is 0 Å². The summed E-state index contributed by atoms with van der Waals surface area (Å²) in [5.41, 5.74) is 1.47. The van der Waals surface area contributed by atoms with Gasteiger partial charge in [0.2, 0.25) is 0 Å². The van der Waals surface area contributed by atoms with Crippen LogP contribution in [0, 0.1) is 6.92 Å². The predicted molar refractivity (Wildman–Crippen MR) is 51.7 cm³/mol. The molecule has 0 fully saturated rings. The highest BCUT2D eigenvalue weighted by Gasteiger charge is 2.08. The first-order valence-corrected chi connectivity index (χ1v) is 4.36. The van der Waals surface area contributed by atoms with Gasteiger partial charge in [-0.05, 0) is 19.4 Å². The fourth-order valence-electron chi connectivity index (χ4n) is 1.16. The number of hydrogen-bond donors (Lipinski definition) is 0. The average molecular weight is 178 g/mol. The summed E-state index contributed by atoms with van der Waals surface area (Å²) in [4.78, 5) is 11.5. The highest BCUT2D eigenvalue weighted by atomic mass is 16.1. The molecule has 0 N–H and O–H groups in total. The molecule has 3 nitrogen and oxygen atoms in total. The second-order valence-electron chi connectivity index (χ2n) is 2.98. The quantitative estimate of drug-likeness (QED) is 0.523. The zero-order valence-corrected chi connectivity index (χ0v) is 8.24. The standard InChI is InChI=1S/C10H14N2O/c1-4-5-6-10(13)9-7-12(3)11-8(9)2/h5-7H,4H2,1-3H3/b6-5+. The van der Waals surface area contributed by atoms with Gasteiger partial charge in [0.15, 0.2) is 5.78 Å². The summed E-state index contributed by atoms with van der Waals surface area (Å²) in [6.45, 7) is 3.84. The Bertz CT molecular complexity index is 337. The molecule has 13 heavy (non-hydrogen) atoms. The van der Waals surface area contributed by atoms with Crippen molar-refractivity contribution in [3.05, 3.63) is 29.6 Å². The zero-order valence-electron chi connectivity index (χ0n) is 8.24. The largest absolute Gasteiger partial charge is 0.289 e. The molecule has 0 aliphatic carbocycles. The Morgan fingerprint density at radius 2 is 2.38 bits per heavy atom. The van der Waals surface area contributed by atoms with E-state index in [1.165, 1.54) is 0 Å². The summed E-state index contributed by atoms with van der Waals surface area (Å²) in [5.74, 6) is 0.0347. The molecular weight excluding hydrogens is 164 g/mol. The molecule has 3 heteroatoms. The van der Waals surface area contributed by atoms with E-state index in [-0.39, 0.29) is 5.78 Å². The Morgan fingerprint density at radius 1 is 1.69 bits per heavy atom. The highest BCUT2D eigenvalue weighted by molar-refractivity contribution is 6.05. The third kappa shape index (κ3) is 2.28. The minimum absolute atomic E-state index is 0.0347. The topological polar surface area (TPSA) is 34.9 Å². The molecule has 0 atom stereocenters. The summed E-state index contributed by atoms with van der Waals surface area (Å²) in [7, 11) is 1.81. The van der Waals surface area contributed by atoms with Crippen LogP contribution in [0.15, 0.2) is 18.3 Å². The van der Waals surface area contributed by atoms with Crippen molar-refractivity contribution in [2.75, 3.05) is 0 Å². The van der Waals surface area contributed by atoms with Crippen molar-refractivity contribution in [1.29, 1.82) is 0 Å². The van der Waals surface area contributed by atoms with Gasteiger partial charge in [-0.1, -0.05) is 13.0 Å². The van der Waals surface area contributed by atoms with Gasteiger partial charge in [0, 0.05) is 13.2 Å². The number of carbonyl (C=O) groups is 1. The monoisotopic (exact) mass is 178 g/mol. The van der Waals surface area contributed by atoms with E-state index in [1.54, 1.807) is 17.0 Å². The van der Waals surface area contributed by atoms with Crippen LogP contribution in [0.1, 0.15) is 29.4 Å². The van der Waals surface area contributed by atoms with E-state index in [0.717, 1.165) is 12.1 Å². The second kappa shape index (κ2) is 4.03. The van der Waals surface area contributed by atoms with Crippen LogP contribution < -0.4 is 0 Å². The molecule has 0 saturated carbocycles. The zero-order chi connectivity index (χ0) is 9.84. The van der Waals surface area contributed by atoms with E-state index < -0.39 is 0 Å². The molecule has 1 heterocycles. The van der Waals surface area contributed by atoms with Gasteiger partial charge in [0.25, 0.3) is 0 Å². The minimum Gasteiger partial charge on any atom is -0.289 e. The smallest absolute Gasteiger partial charge is 0.188 e. The van der Waals surface area contributed by atoms with Gasteiger partial charge in [-0.15, -0.1) is 0 Å². The molecule has 0 aliphatic rings. The molecule has 1 rings (SSSR count). The van der Waals surface area contributed by atoms with Crippen LogP contribution in [0.25, 0.3) is 0 Å². The minimum atomic E-state index is 0.0347. The van der Waals surface area contributed by atoms with E-state index in [9.17, 15) is 4.79 Å². The van der Waals surface area contributed by atoms with Crippen LogP contribution >= 0.6 is 0 Å². The number of allylic oxidation sites excluding steroid dienone is 2. The third-order valence-electron chi connectivity index (χ3n) is 1.78. The van der Waals surface area contributed by atoms with Crippen molar-refractivity contribution >= 4 is 5.78 Å². The van der Waals surface area contributed by atoms with Crippen molar-refractivity contribution in [3.8, 4) is 0 Å². The Balaban J connectivity index is 2.88. The Morgan fingerprint density at radius 3 is 2.85 bits per heavy atom. The summed E-state index contributed by atoms with van der Waals surface area (Å²) in [6.07, 6.45) is 6.08. The number of carbonyl (C=O) groups excluding carboxylic acids is 1.